The lowest BCUT2D eigenvalue weighted by molar-refractivity contribution is 0.545. The van der Waals surface area contributed by atoms with Crippen LogP contribution in [0.25, 0.3) is 0 Å². The molecule has 0 bridgehead atoms. The zero-order valence-electron chi connectivity index (χ0n) is 11.1. The van der Waals surface area contributed by atoms with Gasteiger partial charge in [-0.3, -0.25) is 0 Å². The van der Waals surface area contributed by atoms with Crippen LogP contribution in [-0.4, -0.2) is 26.5 Å². The van der Waals surface area contributed by atoms with Crippen molar-refractivity contribution in [2.75, 3.05) is 18.1 Å². The lowest BCUT2D eigenvalue weighted by Crippen LogP contribution is -2.29. The molecule has 1 aromatic rings. The summed E-state index contributed by atoms with van der Waals surface area (Å²) in [5.74, 6) is 2.64. The van der Waals surface area contributed by atoms with Crippen LogP contribution in [-0.2, 0) is 16.6 Å². The smallest absolute Gasteiger partial charge is 0.240 e. The maximum Gasteiger partial charge on any atom is 0.240 e. The minimum atomic E-state index is -3.41. The maximum atomic E-state index is 12.2. The molecular formula is C13H20N2O2S2. The van der Waals surface area contributed by atoms with Crippen LogP contribution in [0.5, 0.6) is 0 Å². The Hall–Kier alpha value is -0.560. The summed E-state index contributed by atoms with van der Waals surface area (Å²) < 4.78 is 27.1. The Morgan fingerprint density at radius 2 is 2.26 bits per heavy atom. The Labute approximate surface area is 119 Å². The molecule has 106 valence electrons. The highest BCUT2D eigenvalue weighted by Gasteiger charge is 2.20. The number of thioether (sulfide) groups is 1. The normalized spacial score (nSPS) is 19.8. The number of nitrogens with two attached hydrogens (primary N) is 1. The number of benzene rings is 1. The van der Waals surface area contributed by atoms with Gasteiger partial charge in [-0.2, -0.15) is 11.8 Å². The Bertz CT molecular complexity index is 538. The van der Waals surface area contributed by atoms with Crippen molar-refractivity contribution in [2.45, 2.75) is 24.8 Å². The predicted molar refractivity (Wildman–Crippen MR) is 79.7 cm³/mol. The summed E-state index contributed by atoms with van der Waals surface area (Å²) in [5.41, 5.74) is 7.51. The fraction of sp³-hybridized carbons (Fsp3) is 0.538. The van der Waals surface area contributed by atoms with Crippen molar-refractivity contribution in [3.8, 4) is 0 Å². The molecule has 1 aliphatic rings. The standard InChI is InChI=1S/C13H20N2O2S2/c1-10-2-3-13(6-12(10)7-14)19(16,17)15-8-11-4-5-18-9-11/h2-3,6,11,15H,4-5,7-9,14H2,1H3. The van der Waals surface area contributed by atoms with Gasteiger partial charge >= 0.3 is 0 Å². The fourth-order valence-electron chi connectivity index (χ4n) is 2.09. The molecule has 1 saturated heterocycles. The van der Waals surface area contributed by atoms with E-state index in [1.165, 1.54) is 0 Å². The number of nitrogens with one attached hydrogen (secondary N) is 1. The lowest BCUT2D eigenvalue weighted by Gasteiger charge is -2.12. The minimum absolute atomic E-state index is 0.309. The van der Waals surface area contributed by atoms with Crippen LogP contribution < -0.4 is 10.5 Å². The highest BCUT2D eigenvalue weighted by Crippen LogP contribution is 2.23. The third-order valence-corrected chi connectivity index (χ3v) is 6.09. The Kier molecular flexibility index (Phi) is 4.89. The molecule has 0 aromatic heterocycles. The van der Waals surface area contributed by atoms with Gasteiger partial charge in [-0.05, 0) is 54.0 Å². The Morgan fingerprint density at radius 3 is 2.89 bits per heavy atom. The molecule has 0 aliphatic carbocycles. The Balaban J connectivity index is 2.10. The van der Waals surface area contributed by atoms with Crippen LogP contribution in [0.3, 0.4) is 0 Å². The van der Waals surface area contributed by atoms with E-state index in [0.29, 0.717) is 23.9 Å². The van der Waals surface area contributed by atoms with Gasteiger partial charge in [0.2, 0.25) is 10.0 Å². The SMILES string of the molecule is Cc1ccc(S(=O)(=O)NCC2CCSC2)cc1CN. The molecule has 4 nitrogen and oxygen atoms in total. The van der Waals surface area contributed by atoms with Crippen LogP contribution in [0.4, 0.5) is 0 Å². The summed E-state index contributed by atoms with van der Waals surface area (Å²) in [7, 11) is -3.41. The highest BCUT2D eigenvalue weighted by molar-refractivity contribution is 7.99. The van der Waals surface area contributed by atoms with Crippen molar-refractivity contribution in [2.24, 2.45) is 11.7 Å². The van der Waals surface area contributed by atoms with E-state index in [4.69, 9.17) is 5.73 Å². The van der Waals surface area contributed by atoms with Crippen molar-refractivity contribution < 1.29 is 8.42 Å². The molecule has 6 heteroatoms. The third-order valence-electron chi connectivity index (χ3n) is 3.44. The van der Waals surface area contributed by atoms with Crippen molar-refractivity contribution in [1.29, 1.82) is 0 Å². The third kappa shape index (κ3) is 3.72. The molecule has 3 N–H and O–H groups in total. The molecule has 0 saturated carbocycles. The van der Waals surface area contributed by atoms with Crippen LogP contribution in [0.1, 0.15) is 17.5 Å². The number of hydrogen-bond donors (Lipinski definition) is 2. The summed E-state index contributed by atoms with van der Waals surface area (Å²) in [4.78, 5) is 0.309. The van der Waals surface area contributed by atoms with E-state index in [2.05, 4.69) is 4.72 Å². The van der Waals surface area contributed by atoms with E-state index in [9.17, 15) is 8.42 Å². The average molecular weight is 300 g/mol. The van der Waals surface area contributed by atoms with Gasteiger partial charge in [-0.15, -0.1) is 0 Å². The van der Waals surface area contributed by atoms with E-state index in [1.54, 1.807) is 12.1 Å². The van der Waals surface area contributed by atoms with Crippen LogP contribution in [0.2, 0.25) is 0 Å². The fourth-order valence-corrected chi connectivity index (χ4v) is 4.54. The lowest BCUT2D eigenvalue weighted by atomic mass is 10.1. The van der Waals surface area contributed by atoms with Gasteiger partial charge in [0.25, 0.3) is 0 Å². The molecule has 1 aliphatic heterocycles. The zero-order valence-corrected chi connectivity index (χ0v) is 12.7. The molecule has 19 heavy (non-hydrogen) atoms. The highest BCUT2D eigenvalue weighted by atomic mass is 32.2. The molecule has 1 atom stereocenters. The first-order chi connectivity index (χ1) is 9.03. The van der Waals surface area contributed by atoms with Gasteiger partial charge in [-0.25, -0.2) is 13.1 Å². The van der Waals surface area contributed by atoms with Crippen molar-refractivity contribution >= 4 is 21.8 Å². The Morgan fingerprint density at radius 1 is 1.47 bits per heavy atom. The van der Waals surface area contributed by atoms with Crippen molar-refractivity contribution in [3.05, 3.63) is 29.3 Å². The molecule has 2 rings (SSSR count). The first-order valence-corrected chi connectivity index (χ1v) is 9.03. The monoisotopic (exact) mass is 300 g/mol. The number of aryl methyl sites for hydroxylation is 1. The number of sulfonamides is 1. The van der Waals surface area contributed by atoms with E-state index in [-0.39, 0.29) is 0 Å². The van der Waals surface area contributed by atoms with Gasteiger partial charge in [0.1, 0.15) is 0 Å². The zero-order chi connectivity index (χ0) is 13.9. The molecular weight excluding hydrogens is 280 g/mol. The summed E-state index contributed by atoms with van der Waals surface area (Å²) in [6, 6.07) is 5.11. The second kappa shape index (κ2) is 6.26. The van der Waals surface area contributed by atoms with Gasteiger partial charge < -0.3 is 5.73 Å². The molecule has 0 radical (unpaired) electrons. The average Bonchev–Trinajstić information content (AvgIpc) is 2.90. The molecule has 1 unspecified atom stereocenters. The summed E-state index contributed by atoms with van der Waals surface area (Å²) in [5, 5.41) is 0. The van der Waals surface area contributed by atoms with Crippen molar-refractivity contribution in [1.82, 2.24) is 4.72 Å². The summed E-state index contributed by atoms with van der Waals surface area (Å²) in [6.07, 6.45) is 1.09. The van der Waals surface area contributed by atoms with E-state index in [0.717, 1.165) is 29.1 Å². The van der Waals surface area contributed by atoms with Crippen LogP contribution in [0, 0.1) is 12.8 Å². The first kappa shape index (κ1) is 14.8. The van der Waals surface area contributed by atoms with Gasteiger partial charge in [0.05, 0.1) is 4.90 Å². The number of rotatable bonds is 5. The van der Waals surface area contributed by atoms with Crippen LogP contribution >= 0.6 is 11.8 Å². The number of hydrogen-bond acceptors (Lipinski definition) is 4. The maximum absolute atomic E-state index is 12.2. The minimum Gasteiger partial charge on any atom is -0.326 e. The predicted octanol–water partition coefficient (Wildman–Crippen LogP) is 1.49. The van der Waals surface area contributed by atoms with Gasteiger partial charge in [0.15, 0.2) is 0 Å². The first-order valence-electron chi connectivity index (χ1n) is 6.40. The van der Waals surface area contributed by atoms with Gasteiger partial charge in [0, 0.05) is 13.1 Å². The van der Waals surface area contributed by atoms with E-state index < -0.39 is 10.0 Å². The second-order valence-corrected chi connectivity index (χ2v) is 7.79. The second-order valence-electron chi connectivity index (χ2n) is 4.87. The summed E-state index contributed by atoms with van der Waals surface area (Å²) in [6.45, 7) is 2.82. The van der Waals surface area contributed by atoms with E-state index in [1.807, 2.05) is 24.8 Å². The van der Waals surface area contributed by atoms with Crippen LogP contribution in [0.15, 0.2) is 23.1 Å². The molecule has 1 fully saturated rings. The quantitative estimate of drug-likeness (QED) is 0.864. The van der Waals surface area contributed by atoms with E-state index >= 15 is 0 Å². The topological polar surface area (TPSA) is 72.2 Å². The largest absolute Gasteiger partial charge is 0.326 e. The molecule has 0 amide bonds. The van der Waals surface area contributed by atoms with Crippen molar-refractivity contribution in [3.63, 3.8) is 0 Å². The van der Waals surface area contributed by atoms with Gasteiger partial charge in [-0.1, -0.05) is 6.07 Å². The summed E-state index contributed by atoms with van der Waals surface area (Å²) >= 11 is 1.89. The molecule has 1 heterocycles. The molecule has 0 spiro atoms. The molecule has 1 aromatic carbocycles.